The summed E-state index contributed by atoms with van der Waals surface area (Å²) in [6.07, 6.45) is -1.05. The highest BCUT2D eigenvalue weighted by Gasteiger charge is 2.31. The Bertz CT molecular complexity index is 639. The molecule has 1 heterocycles. The molecule has 3 nitrogen and oxygen atoms in total. The summed E-state index contributed by atoms with van der Waals surface area (Å²) in [7, 11) is 3.27. The molecule has 0 radical (unpaired) electrons. The zero-order valence-corrected chi connectivity index (χ0v) is 11.3. The average Bonchev–Trinajstić information content (AvgIpc) is 2.38. The van der Waals surface area contributed by atoms with Gasteiger partial charge in [-0.15, -0.1) is 0 Å². The van der Waals surface area contributed by atoms with Gasteiger partial charge in [-0.05, 0) is 30.7 Å². The number of methoxy groups -OCH3 is 1. The Morgan fingerprint density at radius 3 is 2.50 bits per heavy atom. The fourth-order valence-corrected chi connectivity index (χ4v) is 2.05. The first kappa shape index (κ1) is 14.3. The SMILES string of the molecule is COc1ncc[n+](C)c1-c1ccc(C(F)(F)F)cc1C. The lowest BCUT2D eigenvalue weighted by Crippen LogP contribution is -2.31. The van der Waals surface area contributed by atoms with Gasteiger partial charge in [0, 0.05) is 0 Å². The molecule has 0 amide bonds. The van der Waals surface area contributed by atoms with E-state index in [9.17, 15) is 13.2 Å². The number of ether oxygens (including phenoxy) is 1. The molecule has 20 heavy (non-hydrogen) atoms. The number of hydrogen-bond acceptors (Lipinski definition) is 2. The summed E-state index contributed by atoms with van der Waals surface area (Å²) in [6.45, 7) is 1.64. The minimum absolute atomic E-state index is 0.373. The molecule has 0 fully saturated rings. The predicted octanol–water partition coefficient (Wildman–Crippen LogP) is 2.91. The van der Waals surface area contributed by atoms with E-state index in [2.05, 4.69) is 4.98 Å². The number of aromatic nitrogens is 2. The van der Waals surface area contributed by atoms with E-state index in [4.69, 9.17) is 4.74 Å². The van der Waals surface area contributed by atoms with E-state index < -0.39 is 11.7 Å². The van der Waals surface area contributed by atoms with Gasteiger partial charge < -0.3 is 4.74 Å². The van der Waals surface area contributed by atoms with Crippen LogP contribution in [0, 0.1) is 6.92 Å². The Morgan fingerprint density at radius 1 is 1.25 bits per heavy atom. The third kappa shape index (κ3) is 2.59. The monoisotopic (exact) mass is 283 g/mol. The summed E-state index contributed by atoms with van der Waals surface area (Å²) in [5.74, 6) is 0.373. The van der Waals surface area contributed by atoms with Gasteiger partial charge in [-0.25, -0.2) is 4.98 Å². The van der Waals surface area contributed by atoms with Crippen molar-refractivity contribution >= 4 is 0 Å². The Morgan fingerprint density at radius 2 is 1.95 bits per heavy atom. The summed E-state index contributed by atoms with van der Waals surface area (Å²) >= 11 is 0. The first-order valence-electron chi connectivity index (χ1n) is 5.91. The lowest BCUT2D eigenvalue weighted by Gasteiger charge is -2.11. The van der Waals surface area contributed by atoms with Crippen LogP contribution in [0.5, 0.6) is 5.88 Å². The summed E-state index contributed by atoms with van der Waals surface area (Å²) in [4.78, 5) is 4.08. The zero-order valence-electron chi connectivity index (χ0n) is 11.3. The van der Waals surface area contributed by atoms with E-state index in [0.717, 1.165) is 12.1 Å². The predicted molar refractivity (Wildman–Crippen MR) is 67.1 cm³/mol. The maximum Gasteiger partial charge on any atom is 0.416 e. The molecule has 0 aliphatic rings. The van der Waals surface area contributed by atoms with E-state index in [-0.39, 0.29) is 0 Å². The maximum atomic E-state index is 12.7. The molecule has 106 valence electrons. The van der Waals surface area contributed by atoms with E-state index in [0.29, 0.717) is 22.7 Å². The fourth-order valence-electron chi connectivity index (χ4n) is 2.05. The highest BCUT2D eigenvalue weighted by Crippen LogP contribution is 2.33. The number of aryl methyl sites for hydroxylation is 2. The molecule has 0 aliphatic heterocycles. The molecule has 1 aromatic heterocycles. The molecule has 6 heteroatoms. The second-order valence-corrected chi connectivity index (χ2v) is 4.42. The van der Waals surface area contributed by atoms with Crippen LogP contribution in [0.4, 0.5) is 13.2 Å². The Labute approximate surface area is 114 Å². The number of benzene rings is 1. The van der Waals surface area contributed by atoms with E-state index >= 15 is 0 Å². The van der Waals surface area contributed by atoms with Crippen LogP contribution in [-0.2, 0) is 13.2 Å². The smallest absolute Gasteiger partial charge is 0.416 e. The van der Waals surface area contributed by atoms with Crippen molar-refractivity contribution in [2.45, 2.75) is 13.1 Å². The quantitative estimate of drug-likeness (QED) is 0.792. The highest BCUT2D eigenvalue weighted by molar-refractivity contribution is 5.65. The van der Waals surface area contributed by atoms with E-state index in [1.54, 1.807) is 30.9 Å². The first-order valence-corrected chi connectivity index (χ1v) is 5.91. The van der Waals surface area contributed by atoms with Gasteiger partial charge in [0.2, 0.25) is 0 Å². The lowest BCUT2D eigenvalue weighted by atomic mass is 10.0. The van der Waals surface area contributed by atoms with Crippen molar-refractivity contribution < 1.29 is 22.5 Å². The number of rotatable bonds is 2. The van der Waals surface area contributed by atoms with Crippen LogP contribution >= 0.6 is 0 Å². The Hall–Kier alpha value is -2.11. The van der Waals surface area contributed by atoms with Gasteiger partial charge in [-0.2, -0.15) is 17.7 Å². The largest absolute Gasteiger partial charge is 0.476 e. The number of halogens is 3. The molecule has 1 aromatic carbocycles. The van der Waals surface area contributed by atoms with Crippen LogP contribution in [0.25, 0.3) is 11.3 Å². The van der Waals surface area contributed by atoms with Gasteiger partial charge in [0.15, 0.2) is 6.20 Å². The summed E-state index contributed by atoms with van der Waals surface area (Å²) in [5.41, 5.74) is 1.15. The van der Waals surface area contributed by atoms with Crippen LogP contribution in [0.2, 0.25) is 0 Å². The molecule has 0 aliphatic carbocycles. The van der Waals surface area contributed by atoms with Gasteiger partial charge in [0.25, 0.3) is 11.6 Å². The maximum absolute atomic E-state index is 12.7. The highest BCUT2D eigenvalue weighted by atomic mass is 19.4. The fraction of sp³-hybridized carbons (Fsp3) is 0.286. The Balaban J connectivity index is 2.61. The normalized spacial score (nSPS) is 11.5. The van der Waals surface area contributed by atoms with Crippen molar-refractivity contribution in [3.8, 4) is 17.1 Å². The second kappa shape index (κ2) is 5.11. The molecule has 0 unspecified atom stereocenters. The van der Waals surface area contributed by atoms with Crippen LogP contribution in [0.3, 0.4) is 0 Å². The molecule has 2 rings (SSSR count). The first-order chi connectivity index (χ1) is 9.34. The molecule has 0 saturated carbocycles. The summed E-state index contributed by atoms with van der Waals surface area (Å²) < 4.78 is 45.0. The molecule has 0 atom stereocenters. The molecular weight excluding hydrogens is 269 g/mol. The molecule has 2 aromatic rings. The van der Waals surface area contributed by atoms with Gasteiger partial charge in [-0.3, -0.25) is 0 Å². The van der Waals surface area contributed by atoms with Crippen molar-refractivity contribution in [1.29, 1.82) is 0 Å². The summed E-state index contributed by atoms with van der Waals surface area (Å²) in [5, 5.41) is 0. The van der Waals surface area contributed by atoms with Gasteiger partial charge in [0.1, 0.15) is 7.05 Å². The number of nitrogens with zero attached hydrogens (tertiary/aromatic N) is 2. The topological polar surface area (TPSA) is 26.0 Å². The molecular formula is C14H14F3N2O+. The van der Waals surface area contributed by atoms with Crippen molar-refractivity contribution in [3.63, 3.8) is 0 Å². The van der Waals surface area contributed by atoms with Crippen molar-refractivity contribution in [2.75, 3.05) is 7.11 Å². The van der Waals surface area contributed by atoms with Gasteiger partial charge in [-0.1, -0.05) is 0 Å². The molecule has 0 N–H and O–H groups in total. The van der Waals surface area contributed by atoms with Crippen LogP contribution in [0.15, 0.2) is 30.6 Å². The van der Waals surface area contributed by atoms with Crippen LogP contribution in [0.1, 0.15) is 11.1 Å². The van der Waals surface area contributed by atoms with Crippen LogP contribution in [-0.4, -0.2) is 12.1 Å². The second-order valence-electron chi connectivity index (χ2n) is 4.42. The minimum Gasteiger partial charge on any atom is -0.476 e. The number of hydrogen-bond donors (Lipinski definition) is 0. The minimum atomic E-state index is -4.34. The standard InChI is InChI=1S/C14H14F3N2O/c1-9-8-10(14(15,16)17)4-5-11(9)12-13(20-3)18-6-7-19(12)2/h4-8H,1-3H3/q+1. The third-order valence-electron chi connectivity index (χ3n) is 3.04. The molecule has 0 spiro atoms. The van der Waals surface area contributed by atoms with Gasteiger partial charge in [0.05, 0.1) is 24.4 Å². The number of alkyl halides is 3. The summed E-state index contributed by atoms with van der Waals surface area (Å²) in [6, 6.07) is 3.63. The van der Waals surface area contributed by atoms with Gasteiger partial charge >= 0.3 is 6.18 Å². The van der Waals surface area contributed by atoms with Crippen molar-refractivity contribution in [2.24, 2.45) is 7.05 Å². The van der Waals surface area contributed by atoms with Crippen molar-refractivity contribution in [3.05, 3.63) is 41.7 Å². The average molecular weight is 283 g/mol. The Kier molecular flexibility index (Phi) is 3.65. The van der Waals surface area contributed by atoms with E-state index in [1.165, 1.54) is 13.2 Å². The van der Waals surface area contributed by atoms with Crippen LogP contribution < -0.4 is 9.30 Å². The molecule has 0 bridgehead atoms. The van der Waals surface area contributed by atoms with Crippen molar-refractivity contribution in [1.82, 2.24) is 4.98 Å². The lowest BCUT2D eigenvalue weighted by molar-refractivity contribution is -0.661. The van der Waals surface area contributed by atoms with E-state index in [1.807, 2.05) is 0 Å². The third-order valence-corrected chi connectivity index (χ3v) is 3.04. The molecule has 0 saturated heterocycles. The zero-order chi connectivity index (χ0) is 14.9.